The number of hydrogen-bond donors (Lipinski definition) is 2. The Labute approximate surface area is 299 Å². The van der Waals surface area contributed by atoms with E-state index in [1.54, 1.807) is 30.1 Å². The predicted octanol–water partition coefficient (Wildman–Crippen LogP) is 7.50. The number of benzene rings is 3. The van der Waals surface area contributed by atoms with Crippen molar-refractivity contribution in [3.05, 3.63) is 135 Å². The van der Waals surface area contributed by atoms with E-state index in [9.17, 15) is 14.4 Å². The Morgan fingerprint density at radius 3 is 2.77 bits per heavy atom. The van der Waals surface area contributed by atoms with Crippen LogP contribution in [0.1, 0.15) is 59.3 Å². The Hall–Kier alpha value is -6.03. The average molecular weight is 696 g/mol. The molecule has 0 radical (unpaired) electrons. The van der Waals surface area contributed by atoms with E-state index in [0.29, 0.717) is 49.2 Å². The lowest BCUT2D eigenvalue weighted by Crippen LogP contribution is -2.36. The summed E-state index contributed by atoms with van der Waals surface area (Å²) in [5.74, 6) is -0.376. The van der Waals surface area contributed by atoms with Crippen LogP contribution in [0.15, 0.2) is 102 Å². The molecule has 2 aliphatic rings. The number of likely N-dealkylation sites (N-methyl/N-ethyl adjacent to an activating group) is 1. The number of nitrogens with one attached hydrogen (secondary N) is 2. The third-order valence-corrected chi connectivity index (χ3v) is 10.1. The van der Waals surface area contributed by atoms with Gasteiger partial charge in [0, 0.05) is 67.7 Å². The number of amides is 2. The second kappa shape index (κ2) is 13.9. The van der Waals surface area contributed by atoms with Crippen LogP contribution >= 0.6 is 0 Å². The number of rotatable bonds is 9. The Balaban J connectivity index is 1.07. The highest BCUT2D eigenvalue weighted by molar-refractivity contribution is 6.00. The van der Waals surface area contributed by atoms with Gasteiger partial charge in [0.15, 0.2) is 11.5 Å². The molecule has 1 unspecified atom stereocenters. The van der Waals surface area contributed by atoms with Gasteiger partial charge < -0.3 is 24.5 Å². The third kappa shape index (κ3) is 6.36. The molecule has 0 spiro atoms. The number of carbonyl (C=O) groups excluding carboxylic acids is 2. The van der Waals surface area contributed by atoms with Crippen molar-refractivity contribution < 1.29 is 18.7 Å². The molecule has 52 heavy (non-hydrogen) atoms. The van der Waals surface area contributed by atoms with Crippen LogP contribution in [0.4, 0.5) is 4.39 Å². The molecule has 9 nitrogen and oxygen atoms in total. The number of nitrogens with zero attached hydrogens (tertiary/aromatic N) is 3. The first-order valence-electron chi connectivity index (χ1n) is 17.7. The highest BCUT2D eigenvalue weighted by Gasteiger charge is 2.29. The number of hydrogen-bond acceptors (Lipinski definition) is 5. The molecule has 2 amide bonds. The van der Waals surface area contributed by atoms with Gasteiger partial charge in [-0.1, -0.05) is 42.0 Å². The number of aromatic nitrogens is 3. The quantitative estimate of drug-likeness (QED) is 0.163. The van der Waals surface area contributed by atoms with Crippen molar-refractivity contribution in [1.29, 1.82) is 0 Å². The number of para-hydroxylation sites is 3. The van der Waals surface area contributed by atoms with Crippen LogP contribution in [0, 0.1) is 5.82 Å². The summed E-state index contributed by atoms with van der Waals surface area (Å²) in [4.78, 5) is 49.8. The number of ether oxygens (including phenoxy) is 1. The zero-order valence-corrected chi connectivity index (χ0v) is 28.8. The molecular formula is C42H38FN5O4. The molecule has 8 rings (SSSR count). The van der Waals surface area contributed by atoms with Crippen molar-refractivity contribution in [1.82, 2.24) is 24.8 Å². The summed E-state index contributed by atoms with van der Waals surface area (Å²) in [5, 5.41) is 4.40. The maximum absolute atomic E-state index is 16.2. The van der Waals surface area contributed by atoms with Crippen LogP contribution in [0.5, 0.6) is 11.5 Å². The molecule has 3 aromatic carbocycles. The summed E-state index contributed by atoms with van der Waals surface area (Å²) < 4.78 is 24.4. The second-order valence-electron chi connectivity index (χ2n) is 13.6. The Kier molecular flexibility index (Phi) is 8.88. The fourth-order valence-corrected chi connectivity index (χ4v) is 7.45. The largest absolute Gasteiger partial charge is 0.452 e. The summed E-state index contributed by atoms with van der Waals surface area (Å²) in [5.41, 5.74) is 4.66. The van der Waals surface area contributed by atoms with Crippen LogP contribution < -0.4 is 15.5 Å². The number of carbonyl (C=O) groups is 2. The van der Waals surface area contributed by atoms with Crippen molar-refractivity contribution in [3.8, 4) is 17.2 Å². The molecule has 262 valence electrons. The van der Waals surface area contributed by atoms with E-state index >= 15 is 4.39 Å². The predicted molar refractivity (Wildman–Crippen MR) is 199 cm³/mol. The zero-order valence-electron chi connectivity index (χ0n) is 28.8. The topological polar surface area (TPSA) is 109 Å². The van der Waals surface area contributed by atoms with Crippen molar-refractivity contribution in [3.63, 3.8) is 0 Å². The first-order chi connectivity index (χ1) is 25.3. The minimum atomic E-state index is -0.615. The highest BCUT2D eigenvalue weighted by Crippen LogP contribution is 2.44. The van der Waals surface area contributed by atoms with Crippen LogP contribution in [0.2, 0.25) is 0 Å². The van der Waals surface area contributed by atoms with Crippen molar-refractivity contribution in [2.75, 3.05) is 13.6 Å². The van der Waals surface area contributed by atoms with Gasteiger partial charge in [-0.2, -0.15) is 0 Å². The van der Waals surface area contributed by atoms with Gasteiger partial charge in [0.1, 0.15) is 16.9 Å². The molecule has 0 saturated heterocycles. The Morgan fingerprint density at radius 2 is 1.90 bits per heavy atom. The minimum absolute atomic E-state index is 0.0137. The maximum Gasteiger partial charge on any atom is 0.259 e. The van der Waals surface area contributed by atoms with E-state index in [1.807, 2.05) is 66.9 Å². The normalized spacial score (nSPS) is 15.7. The molecule has 0 bridgehead atoms. The van der Waals surface area contributed by atoms with E-state index in [2.05, 4.69) is 21.4 Å². The SMILES string of the molecule is CN(CCc1ccccn1)C(=O)c1cn2c3c(c(C=C4CCCC(NC(=O)CCc5c[nH]c6ccccc56)C4)c(F)cc3c1=O)Oc1ccccc1-2. The smallest absolute Gasteiger partial charge is 0.259 e. The number of fused-ring (bicyclic) bond motifs is 3. The molecule has 2 N–H and O–H groups in total. The Bertz CT molecular complexity index is 2430. The molecule has 1 atom stereocenters. The van der Waals surface area contributed by atoms with Gasteiger partial charge in [0.2, 0.25) is 11.3 Å². The van der Waals surface area contributed by atoms with Gasteiger partial charge in [-0.25, -0.2) is 4.39 Å². The van der Waals surface area contributed by atoms with Crippen LogP contribution in [-0.4, -0.2) is 50.9 Å². The molecule has 1 fully saturated rings. The molecule has 4 heterocycles. The van der Waals surface area contributed by atoms with E-state index in [4.69, 9.17) is 4.74 Å². The molecule has 3 aromatic heterocycles. The van der Waals surface area contributed by atoms with Crippen molar-refractivity contribution >= 4 is 39.7 Å². The zero-order chi connectivity index (χ0) is 35.8. The summed E-state index contributed by atoms with van der Waals surface area (Å²) in [6, 6.07) is 22.1. The summed E-state index contributed by atoms with van der Waals surface area (Å²) >= 11 is 0. The lowest BCUT2D eigenvalue weighted by atomic mass is 9.88. The summed E-state index contributed by atoms with van der Waals surface area (Å²) in [6.45, 7) is 0.352. The fourth-order valence-electron chi connectivity index (χ4n) is 7.45. The van der Waals surface area contributed by atoms with Gasteiger partial charge in [0.05, 0.1) is 16.6 Å². The molecular weight excluding hydrogens is 657 g/mol. The summed E-state index contributed by atoms with van der Waals surface area (Å²) in [6.07, 6.45) is 11.6. The van der Waals surface area contributed by atoms with E-state index in [-0.39, 0.29) is 34.2 Å². The number of halogens is 1. The van der Waals surface area contributed by atoms with Crippen LogP contribution in [0.3, 0.4) is 0 Å². The van der Waals surface area contributed by atoms with Gasteiger partial charge in [-0.3, -0.25) is 19.4 Å². The molecule has 10 heteroatoms. The van der Waals surface area contributed by atoms with Crippen LogP contribution in [-0.2, 0) is 17.6 Å². The van der Waals surface area contributed by atoms with Gasteiger partial charge >= 0.3 is 0 Å². The van der Waals surface area contributed by atoms with Gasteiger partial charge in [-0.05, 0) is 80.1 Å². The number of pyridine rings is 2. The summed E-state index contributed by atoms with van der Waals surface area (Å²) in [7, 11) is 1.65. The first-order valence-corrected chi connectivity index (χ1v) is 17.7. The van der Waals surface area contributed by atoms with E-state index in [0.717, 1.165) is 47.0 Å². The van der Waals surface area contributed by atoms with Crippen LogP contribution in [0.25, 0.3) is 33.6 Å². The van der Waals surface area contributed by atoms with E-state index < -0.39 is 17.2 Å². The molecule has 6 aromatic rings. The third-order valence-electron chi connectivity index (χ3n) is 10.1. The molecule has 1 aliphatic carbocycles. The number of aryl methyl sites for hydroxylation is 1. The fraction of sp³-hybridized carbons (Fsp3) is 0.238. The number of aromatic amines is 1. The molecule has 1 aliphatic heterocycles. The standard InChI is InChI=1S/C42H38FN5O4/c1-47(20-18-28-10-6-7-19-44-28)42(51)33-25-48-36-14-4-5-15-37(36)52-41-31(34(43)23-32(39(41)48)40(33)50)22-26-9-8-11-29(21-26)46-38(49)17-16-27-24-45-35-13-3-2-12-30(27)35/h2-7,10,12-15,19,22-25,29,45H,8-9,11,16-18,20-21H2,1H3,(H,46,49). The van der Waals surface area contributed by atoms with Crippen molar-refractivity contribution in [2.24, 2.45) is 0 Å². The Morgan fingerprint density at radius 1 is 1.08 bits per heavy atom. The second-order valence-corrected chi connectivity index (χ2v) is 13.6. The lowest BCUT2D eigenvalue weighted by molar-refractivity contribution is -0.121. The van der Waals surface area contributed by atoms with Crippen molar-refractivity contribution in [2.45, 2.75) is 51.0 Å². The van der Waals surface area contributed by atoms with Gasteiger partial charge in [-0.15, -0.1) is 0 Å². The maximum atomic E-state index is 16.2. The minimum Gasteiger partial charge on any atom is -0.452 e. The van der Waals surface area contributed by atoms with E-state index in [1.165, 1.54) is 11.0 Å². The molecule has 1 saturated carbocycles. The lowest BCUT2D eigenvalue weighted by Gasteiger charge is -2.27. The monoisotopic (exact) mass is 695 g/mol. The van der Waals surface area contributed by atoms with Gasteiger partial charge in [0.25, 0.3) is 5.91 Å². The average Bonchev–Trinajstić information content (AvgIpc) is 3.58. The highest BCUT2D eigenvalue weighted by atomic mass is 19.1. The first kappa shape index (κ1) is 33.1. The number of H-pyrrole nitrogens is 1.